The molecule has 20 heavy (non-hydrogen) atoms. The number of hydrogen-bond acceptors (Lipinski definition) is 3. The molecule has 0 fully saturated rings. The summed E-state index contributed by atoms with van der Waals surface area (Å²) in [5, 5.41) is 0. The molecule has 1 unspecified atom stereocenters. The predicted octanol–water partition coefficient (Wildman–Crippen LogP) is 3.80. The molecule has 1 heterocycles. The molecular formula is C15H25IN2O2. The van der Waals surface area contributed by atoms with Gasteiger partial charge in [0.1, 0.15) is 15.5 Å². The van der Waals surface area contributed by atoms with E-state index in [9.17, 15) is 4.79 Å². The summed E-state index contributed by atoms with van der Waals surface area (Å²) in [6, 6.07) is 0. The van der Waals surface area contributed by atoms with Crippen LogP contribution in [0.25, 0.3) is 0 Å². The minimum atomic E-state index is -0.224. The van der Waals surface area contributed by atoms with E-state index >= 15 is 0 Å². The Hall–Kier alpha value is -0.430. The zero-order valence-corrected chi connectivity index (χ0v) is 15.6. The van der Waals surface area contributed by atoms with Crippen LogP contribution in [0.1, 0.15) is 66.1 Å². The average molecular weight is 392 g/mol. The molecule has 0 saturated heterocycles. The van der Waals surface area contributed by atoms with Crippen molar-refractivity contribution in [2.75, 3.05) is 6.61 Å². The van der Waals surface area contributed by atoms with Gasteiger partial charge in [0.15, 0.2) is 0 Å². The largest absolute Gasteiger partial charge is 0.370 e. The summed E-state index contributed by atoms with van der Waals surface area (Å²) in [7, 11) is 0. The minimum absolute atomic E-state index is 0.0884. The summed E-state index contributed by atoms with van der Waals surface area (Å²) < 4.78 is 6.48. The lowest BCUT2D eigenvalue weighted by Crippen LogP contribution is -2.30. The van der Waals surface area contributed by atoms with Gasteiger partial charge in [-0.15, -0.1) is 0 Å². The molecule has 1 N–H and O–H groups in total. The number of nitrogens with one attached hydrogen (secondary N) is 1. The lowest BCUT2D eigenvalue weighted by molar-refractivity contribution is -0.0195. The molecule has 0 aromatic carbocycles. The minimum Gasteiger partial charge on any atom is -0.370 e. The van der Waals surface area contributed by atoms with E-state index in [-0.39, 0.29) is 22.5 Å². The third-order valence-electron chi connectivity index (χ3n) is 2.96. The maximum atomic E-state index is 12.2. The van der Waals surface area contributed by atoms with Gasteiger partial charge in [-0.05, 0) is 34.9 Å². The molecule has 4 nitrogen and oxygen atoms in total. The standard InChI is InChI=1S/C15H25IN2O2/c1-8-20-11(15(5,6)7)12-17-10(14(2,3)4)9(16)13(19)18-12/h11H,8H2,1-7H3,(H,17,18,19). The maximum Gasteiger partial charge on any atom is 0.264 e. The van der Waals surface area contributed by atoms with E-state index in [1.165, 1.54) is 0 Å². The van der Waals surface area contributed by atoms with Crippen molar-refractivity contribution in [2.24, 2.45) is 5.41 Å². The predicted molar refractivity (Wildman–Crippen MR) is 90.1 cm³/mol. The van der Waals surface area contributed by atoms with Crippen LogP contribution < -0.4 is 5.56 Å². The van der Waals surface area contributed by atoms with E-state index < -0.39 is 0 Å². The molecule has 1 aromatic heterocycles. The molecule has 1 rings (SSSR count). The van der Waals surface area contributed by atoms with Gasteiger partial charge in [-0.3, -0.25) is 4.79 Å². The molecule has 1 aromatic rings. The number of rotatable bonds is 3. The van der Waals surface area contributed by atoms with Crippen molar-refractivity contribution in [1.82, 2.24) is 9.97 Å². The van der Waals surface area contributed by atoms with Crippen LogP contribution in [-0.2, 0) is 10.2 Å². The smallest absolute Gasteiger partial charge is 0.264 e. The van der Waals surface area contributed by atoms with E-state index in [0.717, 1.165) is 5.69 Å². The number of ether oxygens (including phenoxy) is 1. The quantitative estimate of drug-likeness (QED) is 0.797. The summed E-state index contributed by atoms with van der Waals surface area (Å²) in [4.78, 5) is 19.8. The number of aromatic nitrogens is 2. The topological polar surface area (TPSA) is 55.0 Å². The van der Waals surface area contributed by atoms with Crippen LogP contribution >= 0.6 is 22.6 Å². The normalized spacial score (nSPS) is 14.4. The Bertz CT molecular complexity index is 524. The van der Waals surface area contributed by atoms with Crippen LogP contribution in [0.5, 0.6) is 0 Å². The van der Waals surface area contributed by atoms with E-state index in [4.69, 9.17) is 9.72 Å². The van der Waals surface area contributed by atoms with Crippen LogP contribution in [0.3, 0.4) is 0 Å². The van der Waals surface area contributed by atoms with Crippen LogP contribution in [-0.4, -0.2) is 16.6 Å². The van der Waals surface area contributed by atoms with Gasteiger partial charge < -0.3 is 9.72 Å². The first-order chi connectivity index (χ1) is 8.98. The molecule has 0 aliphatic heterocycles. The van der Waals surface area contributed by atoms with Gasteiger partial charge in [-0.25, -0.2) is 4.98 Å². The SMILES string of the molecule is CCOC(c1nc(C(C)(C)C)c(I)c(=O)[nH]1)C(C)(C)C. The molecule has 114 valence electrons. The molecule has 0 amide bonds. The summed E-state index contributed by atoms with van der Waals surface area (Å²) in [6.07, 6.45) is -0.224. The van der Waals surface area contributed by atoms with Gasteiger partial charge in [0, 0.05) is 12.0 Å². The zero-order valence-electron chi connectivity index (χ0n) is 13.4. The van der Waals surface area contributed by atoms with Crippen molar-refractivity contribution < 1.29 is 4.74 Å². The van der Waals surface area contributed by atoms with E-state index in [1.807, 2.05) is 6.92 Å². The van der Waals surface area contributed by atoms with Gasteiger partial charge in [0.25, 0.3) is 5.56 Å². The molecule has 0 aliphatic rings. The van der Waals surface area contributed by atoms with Crippen molar-refractivity contribution in [3.8, 4) is 0 Å². The molecule has 0 spiro atoms. The Labute approximate surface area is 134 Å². The number of H-pyrrole nitrogens is 1. The van der Waals surface area contributed by atoms with Crippen molar-refractivity contribution in [3.05, 3.63) is 25.4 Å². The first-order valence-electron chi connectivity index (χ1n) is 6.90. The molecule has 5 heteroatoms. The first kappa shape index (κ1) is 17.6. The molecule has 0 radical (unpaired) electrons. The van der Waals surface area contributed by atoms with E-state index in [2.05, 4.69) is 69.1 Å². The maximum absolute atomic E-state index is 12.2. The Morgan fingerprint density at radius 1 is 1.25 bits per heavy atom. The van der Waals surface area contributed by atoms with Gasteiger partial charge in [0.05, 0.1) is 5.69 Å². The molecule has 0 bridgehead atoms. The number of aromatic amines is 1. The van der Waals surface area contributed by atoms with Crippen LogP contribution in [0, 0.1) is 8.99 Å². The summed E-state index contributed by atoms with van der Waals surface area (Å²) in [5.74, 6) is 0.620. The zero-order chi connectivity index (χ0) is 15.7. The lowest BCUT2D eigenvalue weighted by atomic mass is 9.87. The fraction of sp³-hybridized carbons (Fsp3) is 0.733. The average Bonchev–Trinajstić information content (AvgIpc) is 2.26. The molecule has 0 saturated carbocycles. The Morgan fingerprint density at radius 2 is 1.80 bits per heavy atom. The Kier molecular flexibility index (Phi) is 5.40. The fourth-order valence-electron chi connectivity index (χ4n) is 2.00. The highest BCUT2D eigenvalue weighted by Gasteiger charge is 2.31. The second-order valence-electron chi connectivity index (χ2n) is 7.07. The van der Waals surface area contributed by atoms with E-state index in [1.54, 1.807) is 0 Å². The monoisotopic (exact) mass is 392 g/mol. The molecule has 1 atom stereocenters. The lowest BCUT2D eigenvalue weighted by Gasteiger charge is -2.30. The number of halogens is 1. The van der Waals surface area contributed by atoms with Crippen molar-refractivity contribution in [2.45, 2.75) is 60.0 Å². The second-order valence-corrected chi connectivity index (χ2v) is 8.14. The first-order valence-corrected chi connectivity index (χ1v) is 7.98. The number of nitrogens with zero attached hydrogens (tertiary/aromatic N) is 1. The van der Waals surface area contributed by atoms with Crippen LogP contribution in [0.15, 0.2) is 4.79 Å². The Morgan fingerprint density at radius 3 is 2.20 bits per heavy atom. The highest BCUT2D eigenvalue weighted by atomic mass is 127. The van der Waals surface area contributed by atoms with Crippen LogP contribution in [0.4, 0.5) is 0 Å². The Balaban J connectivity index is 3.46. The van der Waals surface area contributed by atoms with Gasteiger partial charge in [-0.1, -0.05) is 41.5 Å². The van der Waals surface area contributed by atoms with Gasteiger partial charge >= 0.3 is 0 Å². The highest BCUT2D eigenvalue weighted by Crippen LogP contribution is 2.35. The summed E-state index contributed by atoms with van der Waals surface area (Å²) >= 11 is 2.07. The third-order valence-corrected chi connectivity index (χ3v) is 3.96. The van der Waals surface area contributed by atoms with Crippen molar-refractivity contribution in [1.29, 1.82) is 0 Å². The second kappa shape index (κ2) is 6.13. The number of hydrogen-bond donors (Lipinski definition) is 1. The third kappa shape index (κ3) is 4.04. The van der Waals surface area contributed by atoms with E-state index in [0.29, 0.717) is 16.0 Å². The summed E-state index contributed by atoms with van der Waals surface area (Å²) in [5.41, 5.74) is 0.433. The fourth-order valence-corrected chi connectivity index (χ4v) is 3.07. The van der Waals surface area contributed by atoms with Gasteiger partial charge in [0.2, 0.25) is 0 Å². The summed E-state index contributed by atoms with van der Waals surface area (Å²) in [6.45, 7) is 15.0. The van der Waals surface area contributed by atoms with Gasteiger partial charge in [-0.2, -0.15) is 0 Å². The van der Waals surface area contributed by atoms with Crippen LogP contribution in [0.2, 0.25) is 0 Å². The highest BCUT2D eigenvalue weighted by molar-refractivity contribution is 14.1. The molecule has 0 aliphatic carbocycles. The van der Waals surface area contributed by atoms with Crippen molar-refractivity contribution >= 4 is 22.6 Å². The molecular weight excluding hydrogens is 367 g/mol. The van der Waals surface area contributed by atoms with Crippen molar-refractivity contribution in [3.63, 3.8) is 0 Å².